The Morgan fingerprint density at radius 1 is 1.21 bits per heavy atom. The highest BCUT2D eigenvalue weighted by Gasteiger charge is 2.19. The fraction of sp³-hybridized carbons (Fsp3) is 0.312. The predicted molar refractivity (Wildman–Crippen MR) is 84.4 cm³/mol. The number of methoxy groups -OCH3 is 1. The molecule has 0 radical (unpaired) electrons. The van der Waals surface area contributed by atoms with Gasteiger partial charge in [-0.1, -0.05) is 12.1 Å². The van der Waals surface area contributed by atoms with Crippen molar-refractivity contribution in [3.05, 3.63) is 35.9 Å². The maximum Gasteiger partial charge on any atom is 0.326 e. The zero-order chi connectivity index (χ0) is 17.9. The number of carbonyl (C=O) groups excluding carboxylic acids is 1. The highest BCUT2D eigenvalue weighted by molar-refractivity contribution is 5.94. The number of carbonyl (C=O) groups is 3. The molecule has 0 aliphatic carbocycles. The summed E-state index contributed by atoms with van der Waals surface area (Å²) in [7, 11) is 1.51. The van der Waals surface area contributed by atoms with Crippen LogP contribution in [-0.4, -0.2) is 48.0 Å². The van der Waals surface area contributed by atoms with E-state index in [2.05, 4.69) is 5.32 Å². The Bertz CT molecular complexity index is 595. The van der Waals surface area contributed by atoms with Gasteiger partial charge < -0.3 is 25.0 Å². The molecule has 8 heteroatoms. The van der Waals surface area contributed by atoms with Gasteiger partial charge in [-0.25, -0.2) is 4.79 Å². The first-order chi connectivity index (χ1) is 11.4. The summed E-state index contributed by atoms with van der Waals surface area (Å²) in [4.78, 5) is 33.2. The third-order valence-corrected chi connectivity index (χ3v) is 2.91. The number of amides is 1. The minimum atomic E-state index is -1.28. The van der Waals surface area contributed by atoms with Crippen molar-refractivity contribution in [3.8, 4) is 5.75 Å². The third-order valence-electron chi connectivity index (χ3n) is 2.91. The maximum atomic E-state index is 11.7. The summed E-state index contributed by atoms with van der Waals surface area (Å²) < 4.78 is 9.99. The van der Waals surface area contributed by atoms with Crippen molar-refractivity contribution >= 4 is 23.9 Å². The van der Waals surface area contributed by atoms with Crippen LogP contribution >= 0.6 is 0 Å². The molecule has 0 aromatic heterocycles. The molecule has 1 aromatic rings. The minimum absolute atomic E-state index is 0.129. The van der Waals surface area contributed by atoms with E-state index in [1.807, 2.05) is 0 Å². The Balaban J connectivity index is 2.56. The molecule has 24 heavy (non-hydrogen) atoms. The molecule has 1 atom stereocenters. The molecule has 0 fully saturated rings. The summed E-state index contributed by atoms with van der Waals surface area (Å²) >= 11 is 0. The standard InChI is InChI=1S/C16H19NO7/c1-23-10-24-12-5-2-11(3-6-12)4-8-14(18)17-13(16(21)22)7-9-15(19)20/h2-6,8,13H,7,9-10H2,1H3,(H,17,18)(H,19,20)(H,21,22)/b8-4+. The van der Waals surface area contributed by atoms with Crippen molar-refractivity contribution in [2.45, 2.75) is 18.9 Å². The van der Waals surface area contributed by atoms with Crippen LogP contribution in [0.4, 0.5) is 0 Å². The Kier molecular flexibility index (Phi) is 8.00. The van der Waals surface area contributed by atoms with E-state index >= 15 is 0 Å². The number of hydrogen-bond donors (Lipinski definition) is 3. The third kappa shape index (κ3) is 7.41. The molecule has 0 spiro atoms. The van der Waals surface area contributed by atoms with Crippen LogP contribution in [0.15, 0.2) is 30.3 Å². The molecule has 1 amide bonds. The average molecular weight is 337 g/mol. The second-order valence-electron chi connectivity index (χ2n) is 4.79. The Morgan fingerprint density at radius 2 is 1.88 bits per heavy atom. The fourth-order valence-corrected chi connectivity index (χ4v) is 1.72. The van der Waals surface area contributed by atoms with Crippen LogP contribution in [0.3, 0.4) is 0 Å². The van der Waals surface area contributed by atoms with Gasteiger partial charge in [-0.15, -0.1) is 0 Å². The van der Waals surface area contributed by atoms with Gasteiger partial charge in [-0.2, -0.15) is 0 Å². The molecule has 1 aromatic carbocycles. The number of hydrogen-bond acceptors (Lipinski definition) is 5. The quantitative estimate of drug-likeness (QED) is 0.432. The van der Waals surface area contributed by atoms with Crippen LogP contribution in [0.5, 0.6) is 5.75 Å². The fourth-order valence-electron chi connectivity index (χ4n) is 1.72. The normalized spacial score (nSPS) is 11.9. The topological polar surface area (TPSA) is 122 Å². The van der Waals surface area contributed by atoms with Crippen molar-refractivity contribution in [3.63, 3.8) is 0 Å². The van der Waals surface area contributed by atoms with Crippen LogP contribution < -0.4 is 10.1 Å². The maximum absolute atomic E-state index is 11.7. The molecule has 0 aliphatic rings. The second-order valence-corrected chi connectivity index (χ2v) is 4.79. The lowest BCUT2D eigenvalue weighted by molar-refractivity contribution is -0.142. The van der Waals surface area contributed by atoms with Gasteiger partial charge in [0.1, 0.15) is 11.8 Å². The van der Waals surface area contributed by atoms with Gasteiger partial charge >= 0.3 is 11.9 Å². The molecule has 3 N–H and O–H groups in total. The summed E-state index contributed by atoms with van der Waals surface area (Å²) in [6.07, 6.45) is 2.16. The first-order valence-electron chi connectivity index (χ1n) is 7.07. The lowest BCUT2D eigenvalue weighted by atomic mass is 10.1. The van der Waals surface area contributed by atoms with E-state index in [4.69, 9.17) is 19.7 Å². The number of aliphatic carboxylic acids is 2. The molecule has 0 saturated carbocycles. The second kappa shape index (κ2) is 10.0. The molecule has 0 bridgehead atoms. The Labute approximate surface area is 138 Å². The number of nitrogens with one attached hydrogen (secondary N) is 1. The van der Waals surface area contributed by atoms with Crippen molar-refractivity contribution in [1.29, 1.82) is 0 Å². The minimum Gasteiger partial charge on any atom is -0.481 e. The largest absolute Gasteiger partial charge is 0.481 e. The van der Waals surface area contributed by atoms with Crippen LogP contribution in [0.1, 0.15) is 18.4 Å². The van der Waals surface area contributed by atoms with Crippen LogP contribution in [-0.2, 0) is 19.1 Å². The highest BCUT2D eigenvalue weighted by Crippen LogP contribution is 2.13. The summed E-state index contributed by atoms with van der Waals surface area (Å²) in [5.41, 5.74) is 0.715. The van der Waals surface area contributed by atoms with Gasteiger partial charge in [0, 0.05) is 19.6 Å². The Hall–Kier alpha value is -2.87. The number of benzene rings is 1. The highest BCUT2D eigenvalue weighted by atomic mass is 16.7. The molecule has 0 heterocycles. The van der Waals surface area contributed by atoms with E-state index in [-0.39, 0.29) is 19.6 Å². The van der Waals surface area contributed by atoms with Crippen LogP contribution in [0.2, 0.25) is 0 Å². The smallest absolute Gasteiger partial charge is 0.326 e. The van der Waals surface area contributed by atoms with Gasteiger partial charge in [0.25, 0.3) is 0 Å². The number of ether oxygens (including phenoxy) is 2. The van der Waals surface area contributed by atoms with E-state index in [0.717, 1.165) is 0 Å². The molecular weight excluding hydrogens is 318 g/mol. The first-order valence-corrected chi connectivity index (χ1v) is 7.07. The van der Waals surface area contributed by atoms with Crippen molar-refractivity contribution in [1.82, 2.24) is 5.32 Å². The van der Waals surface area contributed by atoms with Crippen LogP contribution in [0.25, 0.3) is 6.08 Å². The van der Waals surface area contributed by atoms with E-state index in [0.29, 0.717) is 11.3 Å². The molecule has 130 valence electrons. The molecule has 8 nitrogen and oxygen atoms in total. The van der Waals surface area contributed by atoms with Gasteiger partial charge in [0.2, 0.25) is 5.91 Å². The number of carboxylic acids is 2. The van der Waals surface area contributed by atoms with Gasteiger partial charge in [0.05, 0.1) is 0 Å². The monoisotopic (exact) mass is 337 g/mol. The molecule has 1 rings (SSSR count). The van der Waals surface area contributed by atoms with Gasteiger partial charge in [-0.05, 0) is 30.2 Å². The van der Waals surface area contributed by atoms with Crippen LogP contribution in [0, 0.1) is 0 Å². The van der Waals surface area contributed by atoms with Crippen molar-refractivity contribution in [2.75, 3.05) is 13.9 Å². The van der Waals surface area contributed by atoms with E-state index in [9.17, 15) is 14.4 Å². The molecular formula is C16H19NO7. The van der Waals surface area contributed by atoms with Crippen molar-refractivity contribution in [2.24, 2.45) is 0 Å². The summed E-state index contributed by atoms with van der Waals surface area (Å²) in [5.74, 6) is -2.41. The van der Waals surface area contributed by atoms with E-state index in [1.165, 1.54) is 19.3 Å². The molecule has 1 unspecified atom stereocenters. The lowest BCUT2D eigenvalue weighted by Crippen LogP contribution is -2.40. The summed E-state index contributed by atoms with van der Waals surface area (Å²) in [5, 5.41) is 19.8. The van der Waals surface area contributed by atoms with E-state index in [1.54, 1.807) is 24.3 Å². The SMILES string of the molecule is COCOc1ccc(/C=C/C(=O)NC(CCC(=O)O)C(=O)O)cc1. The summed E-state index contributed by atoms with van der Waals surface area (Å²) in [6, 6.07) is 5.58. The number of carboxylic acid groups (broad SMARTS) is 2. The zero-order valence-electron chi connectivity index (χ0n) is 13.1. The summed E-state index contributed by atoms with van der Waals surface area (Å²) in [6.45, 7) is 0.129. The zero-order valence-corrected chi connectivity index (χ0v) is 13.1. The predicted octanol–water partition coefficient (Wildman–Crippen LogP) is 1.12. The van der Waals surface area contributed by atoms with Gasteiger partial charge in [-0.3, -0.25) is 9.59 Å². The lowest BCUT2D eigenvalue weighted by Gasteiger charge is -2.11. The molecule has 0 aliphatic heterocycles. The Morgan fingerprint density at radius 3 is 2.42 bits per heavy atom. The average Bonchev–Trinajstić information content (AvgIpc) is 2.55. The van der Waals surface area contributed by atoms with E-state index < -0.39 is 23.9 Å². The van der Waals surface area contributed by atoms with Gasteiger partial charge in [0.15, 0.2) is 6.79 Å². The molecule has 0 saturated heterocycles. The van der Waals surface area contributed by atoms with Crippen molar-refractivity contribution < 1.29 is 34.1 Å². The number of rotatable bonds is 10. The first kappa shape index (κ1) is 19.2.